The molecule has 0 bridgehead atoms. The van der Waals surface area contributed by atoms with E-state index in [9.17, 15) is 9.59 Å². The van der Waals surface area contributed by atoms with Gasteiger partial charge in [0.25, 0.3) is 0 Å². The second kappa shape index (κ2) is 5.41. The molecule has 134 valence electrons. The van der Waals surface area contributed by atoms with Crippen LogP contribution in [0, 0.1) is 5.41 Å². The zero-order valence-electron chi connectivity index (χ0n) is 15.0. The summed E-state index contributed by atoms with van der Waals surface area (Å²) in [5, 5.41) is 0. The Hall–Kier alpha value is -2.18. The van der Waals surface area contributed by atoms with Crippen LogP contribution in [0.2, 0.25) is 0 Å². The lowest BCUT2D eigenvalue weighted by Crippen LogP contribution is -2.43. The fourth-order valence-corrected chi connectivity index (χ4v) is 3.83. The summed E-state index contributed by atoms with van der Waals surface area (Å²) in [4.78, 5) is 36.9. The first kappa shape index (κ1) is 16.3. The van der Waals surface area contributed by atoms with E-state index in [-0.39, 0.29) is 5.78 Å². The number of cyclic esters (lactones) is 1. The van der Waals surface area contributed by atoms with Gasteiger partial charge in [-0.15, -0.1) is 0 Å². The van der Waals surface area contributed by atoms with Gasteiger partial charge < -0.3 is 9.64 Å². The number of carbonyl (C=O) groups is 2. The average molecular weight is 344 g/mol. The van der Waals surface area contributed by atoms with E-state index in [2.05, 4.69) is 14.9 Å². The van der Waals surface area contributed by atoms with Gasteiger partial charge in [0.2, 0.25) is 0 Å². The molecule has 25 heavy (non-hydrogen) atoms. The van der Waals surface area contributed by atoms with Gasteiger partial charge in [0.15, 0.2) is 17.4 Å². The molecule has 4 rings (SSSR count). The Morgan fingerprint density at radius 1 is 1.20 bits per heavy atom. The van der Waals surface area contributed by atoms with E-state index in [0.717, 1.165) is 25.9 Å². The normalized spacial score (nSPS) is 23.7. The third-order valence-corrected chi connectivity index (χ3v) is 5.72. The second-order valence-electron chi connectivity index (χ2n) is 8.15. The number of ether oxygens (including phenoxy) is 1. The third kappa shape index (κ3) is 2.75. The molecule has 0 aromatic carbocycles. The summed E-state index contributed by atoms with van der Waals surface area (Å²) in [6.45, 7) is 7.43. The Morgan fingerprint density at radius 3 is 2.40 bits per heavy atom. The van der Waals surface area contributed by atoms with E-state index in [1.54, 1.807) is 0 Å². The minimum atomic E-state index is -0.485. The second-order valence-corrected chi connectivity index (χ2v) is 8.15. The largest absolute Gasteiger partial charge is 0.447 e. The Bertz CT molecular complexity index is 732. The first-order chi connectivity index (χ1) is 11.8. The molecule has 1 aliphatic carbocycles. The van der Waals surface area contributed by atoms with Gasteiger partial charge in [-0.2, -0.15) is 0 Å². The lowest BCUT2D eigenvalue weighted by atomic mass is 9.93. The molecule has 0 radical (unpaired) electrons. The molecule has 1 spiro atoms. The zero-order chi connectivity index (χ0) is 17.8. The molecule has 0 N–H and O–H groups in total. The molecule has 1 amide bonds. The summed E-state index contributed by atoms with van der Waals surface area (Å²) in [7, 11) is 0. The highest BCUT2D eigenvalue weighted by Crippen LogP contribution is 2.54. The van der Waals surface area contributed by atoms with Crippen molar-refractivity contribution in [3.8, 4) is 0 Å². The average Bonchev–Trinajstić information content (AvgIpc) is 3.26. The van der Waals surface area contributed by atoms with Crippen molar-refractivity contribution in [1.29, 1.82) is 0 Å². The van der Waals surface area contributed by atoms with Gasteiger partial charge in [-0.3, -0.25) is 9.69 Å². The predicted molar refractivity (Wildman–Crippen MR) is 93.1 cm³/mol. The van der Waals surface area contributed by atoms with E-state index in [4.69, 9.17) is 4.74 Å². The van der Waals surface area contributed by atoms with Crippen molar-refractivity contribution in [3.63, 3.8) is 0 Å². The van der Waals surface area contributed by atoms with Gasteiger partial charge in [0, 0.05) is 20.0 Å². The van der Waals surface area contributed by atoms with Gasteiger partial charge in [-0.25, -0.2) is 14.8 Å². The van der Waals surface area contributed by atoms with Crippen molar-refractivity contribution < 1.29 is 14.3 Å². The van der Waals surface area contributed by atoms with E-state index in [1.807, 2.05) is 13.8 Å². The number of hydrogen-bond donors (Lipinski definition) is 0. The fraction of sp³-hybridized carbons (Fsp3) is 0.667. The first-order valence-electron chi connectivity index (χ1n) is 8.91. The highest BCUT2D eigenvalue weighted by molar-refractivity contribution is 5.97. The molecule has 2 aliphatic heterocycles. The van der Waals surface area contributed by atoms with E-state index >= 15 is 0 Å². The van der Waals surface area contributed by atoms with Crippen LogP contribution in [-0.4, -0.2) is 47.1 Å². The zero-order valence-corrected chi connectivity index (χ0v) is 15.0. The summed E-state index contributed by atoms with van der Waals surface area (Å²) < 4.78 is 5.17. The van der Waals surface area contributed by atoms with Crippen LogP contribution in [-0.2, 0) is 4.74 Å². The molecule has 0 unspecified atom stereocenters. The summed E-state index contributed by atoms with van der Waals surface area (Å²) in [5.41, 5.74) is 0.431. The number of anilines is 2. The van der Waals surface area contributed by atoms with Crippen LogP contribution in [0.3, 0.4) is 0 Å². The number of nitrogens with zero attached hydrogens (tertiary/aromatic N) is 4. The van der Waals surface area contributed by atoms with E-state index in [0.29, 0.717) is 29.4 Å². The number of hydrogen-bond acceptors (Lipinski definition) is 6. The van der Waals surface area contributed by atoms with Crippen LogP contribution in [0.4, 0.5) is 16.4 Å². The van der Waals surface area contributed by atoms with Gasteiger partial charge >= 0.3 is 6.09 Å². The van der Waals surface area contributed by atoms with Gasteiger partial charge in [-0.1, -0.05) is 0 Å². The minimum absolute atomic E-state index is 0.107. The number of Topliss-reactive ketones (excluding diaryl/α,β-unsaturated/α-hetero) is 1. The fourth-order valence-electron chi connectivity index (χ4n) is 3.83. The Balaban J connectivity index is 1.69. The summed E-state index contributed by atoms with van der Waals surface area (Å²) >= 11 is 0. The summed E-state index contributed by atoms with van der Waals surface area (Å²) in [6, 6.07) is 0. The molecule has 0 atom stereocenters. The molecular formula is C18H24N4O3. The summed E-state index contributed by atoms with van der Waals surface area (Å²) in [5.74, 6) is 0.930. The Labute approximate surface area is 147 Å². The number of carbonyl (C=O) groups excluding carboxylic acids is 2. The monoisotopic (exact) mass is 344 g/mol. The molecule has 3 fully saturated rings. The third-order valence-electron chi connectivity index (χ3n) is 5.72. The number of ketones is 1. The Morgan fingerprint density at radius 2 is 1.88 bits per heavy atom. The minimum Gasteiger partial charge on any atom is -0.447 e. The Kier molecular flexibility index (Phi) is 3.53. The summed E-state index contributed by atoms with van der Waals surface area (Å²) in [6.07, 6.45) is 5.98. The number of amides is 1. The van der Waals surface area contributed by atoms with E-state index < -0.39 is 11.6 Å². The highest BCUT2D eigenvalue weighted by atomic mass is 16.6. The number of rotatable bonds is 3. The first-order valence-corrected chi connectivity index (χ1v) is 8.91. The lowest BCUT2D eigenvalue weighted by molar-refractivity contribution is 0.101. The van der Waals surface area contributed by atoms with Crippen molar-refractivity contribution >= 4 is 23.5 Å². The molecule has 1 aromatic rings. The standard InChI is InChI=1S/C18H24N4O3/c1-12(23)14-15(21-8-6-18(4-5-18)7-9-21)20-13(10-19-14)22-16(24)25-11-17(22,2)3/h10H,4-9,11H2,1-3H3. The molecule has 1 saturated carbocycles. The van der Waals surface area contributed by atoms with Crippen LogP contribution < -0.4 is 9.80 Å². The van der Waals surface area contributed by atoms with Gasteiger partial charge in [-0.05, 0) is 44.9 Å². The lowest BCUT2D eigenvalue weighted by Gasteiger charge is -2.34. The molecule has 2 saturated heterocycles. The van der Waals surface area contributed by atoms with E-state index in [1.165, 1.54) is 30.9 Å². The molecule has 3 heterocycles. The maximum Gasteiger partial charge on any atom is 0.416 e. The van der Waals surface area contributed by atoms with Crippen LogP contribution in [0.5, 0.6) is 0 Å². The van der Waals surface area contributed by atoms with Crippen molar-refractivity contribution in [2.24, 2.45) is 5.41 Å². The van der Waals surface area contributed by atoms with Crippen LogP contribution >= 0.6 is 0 Å². The molecule has 1 aromatic heterocycles. The molecule has 3 aliphatic rings. The van der Waals surface area contributed by atoms with Gasteiger partial charge in [0.1, 0.15) is 12.3 Å². The van der Waals surface area contributed by atoms with Crippen molar-refractivity contribution in [3.05, 3.63) is 11.9 Å². The quantitative estimate of drug-likeness (QED) is 0.785. The van der Waals surface area contributed by atoms with Crippen LogP contribution in [0.25, 0.3) is 0 Å². The predicted octanol–water partition coefficient (Wildman–Crippen LogP) is 2.79. The van der Waals surface area contributed by atoms with Crippen LogP contribution in [0.1, 0.15) is 56.9 Å². The smallest absolute Gasteiger partial charge is 0.416 e. The topological polar surface area (TPSA) is 75.6 Å². The maximum atomic E-state index is 12.1. The van der Waals surface area contributed by atoms with Gasteiger partial charge in [0.05, 0.1) is 11.7 Å². The van der Waals surface area contributed by atoms with Crippen molar-refractivity contribution in [1.82, 2.24) is 9.97 Å². The number of aromatic nitrogens is 2. The van der Waals surface area contributed by atoms with Crippen molar-refractivity contribution in [2.75, 3.05) is 29.5 Å². The highest BCUT2D eigenvalue weighted by Gasteiger charge is 2.45. The molecule has 7 heteroatoms. The van der Waals surface area contributed by atoms with Crippen molar-refractivity contribution in [2.45, 2.75) is 52.0 Å². The molecule has 7 nitrogen and oxygen atoms in total. The number of piperidine rings is 1. The maximum absolute atomic E-state index is 12.1. The molecular weight excluding hydrogens is 320 g/mol. The van der Waals surface area contributed by atoms with Crippen LogP contribution in [0.15, 0.2) is 6.20 Å². The SMILES string of the molecule is CC(=O)c1ncc(N2C(=O)OCC2(C)C)nc1N1CCC2(CC1)CC2.